The predicted octanol–water partition coefficient (Wildman–Crippen LogP) is 4.14. The van der Waals surface area contributed by atoms with Crippen molar-refractivity contribution in [2.45, 2.75) is 0 Å². The van der Waals surface area contributed by atoms with Gasteiger partial charge in [0, 0.05) is 28.3 Å². The number of carbonyl (C=O) groups excluding carboxylic acids is 1. The monoisotopic (exact) mass is 338 g/mol. The molecule has 0 aromatic heterocycles. The van der Waals surface area contributed by atoms with Crippen LogP contribution in [0.25, 0.3) is 0 Å². The molecule has 0 bridgehead atoms. The molecule has 1 N–H and O–H groups in total. The van der Waals surface area contributed by atoms with Crippen LogP contribution in [0.1, 0.15) is 10.4 Å². The molecule has 0 saturated carbocycles. The first-order chi connectivity index (χ1) is 9.97. The minimum atomic E-state index is -0.354. The highest BCUT2D eigenvalue weighted by Crippen LogP contribution is 2.19. The summed E-state index contributed by atoms with van der Waals surface area (Å²) in [5.41, 5.74) is 1.24. The maximum absolute atomic E-state index is 12.2. The van der Waals surface area contributed by atoms with Gasteiger partial charge in [-0.1, -0.05) is 41.4 Å². The maximum Gasteiger partial charge on any atom is 0.257 e. The lowest BCUT2D eigenvalue weighted by molar-refractivity contribution is 0.0977. The van der Waals surface area contributed by atoms with Crippen LogP contribution < -0.4 is 10.2 Å². The highest BCUT2D eigenvalue weighted by molar-refractivity contribution is 7.80. The summed E-state index contributed by atoms with van der Waals surface area (Å²) in [4.78, 5) is 13.9. The van der Waals surface area contributed by atoms with Gasteiger partial charge in [0.1, 0.15) is 0 Å². The Balaban J connectivity index is 2.10. The Labute approximate surface area is 138 Å². The highest BCUT2D eigenvalue weighted by Gasteiger charge is 2.13. The summed E-state index contributed by atoms with van der Waals surface area (Å²) in [7, 11) is 1.78. The van der Waals surface area contributed by atoms with Gasteiger partial charge in [-0.25, -0.2) is 0 Å². The molecule has 0 aliphatic rings. The number of para-hydroxylation sites is 1. The standard InChI is InChI=1S/C15H12Cl2N2OS/c1-19(13-5-3-2-4-6-13)15(21)18-14(20)10-7-11(16)9-12(17)8-10/h2-9H,1H3,(H,18,20,21). The van der Waals surface area contributed by atoms with E-state index in [1.54, 1.807) is 18.0 Å². The van der Waals surface area contributed by atoms with Crippen LogP contribution in [-0.2, 0) is 0 Å². The van der Waals surface area contributed by atoms with E-state index < -0.39 is 0 Å². The molecular weight excluding hydrogens is 327 g/mol. The number of anilines is 1. The second kappa shape index (κ2) is 6.89. The van der Waals surface area contributed by atoms with Crippen molar-refractivity contribution in [3.05, 3.63) is 64.1 Å². The van der Waals surface area contributed by atoms with Crippen LogP contribution in [-0.4, -0.2) is 18.1 Å². The summed E-state index contributed by atoms with van der Waals surface area (Å²) in [6, 6.07) is 14.1. The Kier molecular flexibility index (Phi) is 5.17. The fourth-order valence-electron chi connectivity index (χ4n) is 1.71. The first kappa shape index (κ1) is 15.8. The Morgan fingerprint density at radius 3 is 2.24 bits per heavy atom. The molecule has 2 aromatic rings. The van der Waals surface area contributed by atoms with Gasteiger partial charge in [-0.2, -0.15) is 0 Å². The molecule has 0 atom stereocenters. The quantitative estimate of drug-likeness (QED) is 0.835. The summed E-state index contributed by atoms with van der Waals surface area (Å²) >= 11 is 17.0. The van der Waals surface area contributed by atoms with Crippen molar-refractivity contribution in [1.82, 2.24) is 5.32 Å². The first-order valence-corrected chi connectivity index (χ1v) is 7.24. The number of rotatable bonds is 2. The molecule has 0 heterocycles. The molecule has 0 fully saturated rings. The molecule has 1 amide bonds. The number of benzene rings is 2. The molecule has 0 radical (unpaired) electrons. The van der Waals surface area contributed by atoms with Crippen molar-refractivity contribution in [2.75, 3.05) is 11.9 Å². The number of hydrogen-bond donors (Lipinski definition) is 1. The van der Waals surface area contributed by atoms with Gasteiger partial charge < -0.3 is 4.90 Å². The van der Waals surface area contributed by atoms with E-state index in [1.165, 1.54) is 12.1 Å². The van der Waals surface area contributed by atoms with Gasteiger partial charge in [0.05, 0.1) is 0 Å². The van der Waals surface area contributed by atoms with E-state index >= 15 is 0 Å². The van der Waals surface area contributed by atoms with E-state index in [2.05, 4.69) is 5.32 Å². The molecule has 6 heteroatoms. The topological polar surface area (TPSA) is 32.3 Å². The summed E-state index contributed by atoms with van der Waals surface area (Å²) in [6.45, 7) is 0. The number of halogens is 2. The molecule has 108 valence electrons. The molecule has 0 saturated heterocycles. The van der Waals surface area contributed by atoms with Crippen molar-refractivity contribution < 1.29 is 4.79 Å². The minimum absolute atomic E-state index is 0.294. The number of thiocarbonyl (C=S) groups is 1. The Bertz CT molecular complexity index is 656. The van der Waals surface area contributed by atoms with Gasteiger partial charge in [0.15, 0.2) is 5.11 Å². The molecule has 0 unspecified atom stereocenters. The SMILES string of the molecule is CN(C(=S)NC(=O)c1cc(Cl)cc(Cl)c1)c1ccccc1. The van der Waals surface area contributed by atoms with E-state index in [9.17, 15) is 4.79 Å². The number of hydrogen-bond acceptors (Lipinski definition) is 2. The smallest absolute Gasteiger partial charge is 0.257 e. The molecule has 0 aliphatic heterocycles. The summed E-state index contributed by atoms with van der Waals surface area (Å²) in [6.07, 6.45) is 0. The summed E-state index contributed by atoms with van der Waals surface area (Å²) < 4.78 is 0. The number of nitrogens with one attached hydrogen (secondary N) is 1. The zero-order chi connectivity index (χ0) is 15.4. The Morgan fingerprint density at radius 1 is 1.10 bits per heavy atom. The third-order valence-corrected chi connectivity index (χ3v) is 3.61. The van der Waals surface area contributed by atoms with Crippen molar-refractivity contribution in [1.29, 1.82) is 0 Å². The largest absolute Gasteiger partial charge is 0.322 e. The third kappa shape index (κ3) is 4.17. The fraction of sp³-hybridized carbons (Fsp3) is 0.0667. The van der Waals surface area contributed by atoms with Gasteiger partial charge in [0.2, 0.25) is 0 Å². The van der Waals surface area contributed by atoms with Crippen LogP contribution in [0.5, 0.6) is 0 Å². The lowest BCUT2D eigenvalue weighted by atomic mass is 10.2. The van der Waals surface area contributed by atoms with Crippen LogP contribution in [0.15, 0.2) is 48.5 Å². The number of amides is 1. The maximum atomic E-state index is 12.2. The van der Waals surface area contributed by atoms with Crippen molar-refractivity contribution in [3.8, 4) is 0 Å². The van der Waals surface area contributed by atoms with Gasteiger partial charge in [-0.05, 0) is 42.5 Å². The van der Waals surface area contributed by atoms with Crippen LogP contribution in [0, 0.1) is 0 Å². The van der Waals surface area contributed by atoms with E-state index in [0.29, 0.717) is 20.7 Å². The molecule has 3 nitrogen and oxygen atoms in total. The molecular formula is C15H12Cl2N2OS. The normalized spacial score (nSPS) is 10.0. The van der Waals surface area contributed by atoms with Crippen LogP contribution in [0.4, 0.5) is 5.69 Å². The second-order valence-corrected chi connectivity index (χ2v) is 5.57. The average Bonchev–Trinajstić information content (AvgIpc) is 2.46. The van der Waals surface area contributed by atoms with Crippen LogP contribution in [0.3, 0.4) is 0 Å². The zero-order valence-electron chi connectivity index (χ0n) is 11.1. The van der Waals surface area contributed by atoms with Gasteiger partial charge in [-0.15, -0.1) is 0 Å². The molecule has 21 heavy (non-hydrogen) atoms. The highest BCUT2D eigenvalue weighted by atomic mass is 35.5. The minimum Gasteiger partial charge on any atom is -0.322 e. The average molecular weight is 339 g/mol. The molecule has 2 rings (SSSR count). The predicted molar refractivity (Wildman–Crippen MR) is 91.4 cm³/mol. The second-order valence-electron chi connectivity index (χ2n) is 4.31. The molecule has 0 spiro atoms. The number of carbonyl (C=O) groups is 1. The van der Waals surface area contributed by atoms with Crippen molar-refractivity contribution in [3.63, 3.8) is 0 Å². The fourth-order valence-corrected chi connectivity index (χ4v) is 2.43. The van der Waals surface area contributed by atoms with E-state index in [4.69, 9.17) is 35.4 Å². The lowest BCUT2D eigenvalue weighted by Gasteiger charge is -2.20. The summed E-state index contributed by atoms with van der Waals surface area (Å²) in [5, 5.41) is 3.74. The third-order valence-electron chi connectivity index (χ3n) is 2.79. The van der Waals surface area contributed by atoms with Crippen LogP contribution in [0.2, 0.25) is 10.0 Å². The summed E-state index contributed by atoms with van der Waals surface area (Å²) in [5.74, 6) is -0.354. The van der Waals surface area contributed by atoms with Crippen LogP contribution >= 0.6 is 35.4 Å². The van der Waals surface area contributed by atoms with Crippen molar-refractivity contribution >= 4 is 52.1 Å². The van der Waals surface area contributed by atoms with E-state index in [0.717, 1.165) is 5.69 Å². The van der Waals surface area contributed by atoms with E-state index in [-0.39, 0.29) is 5.91 Å². The van der Waals surface area contributed by atoms with Gasteiger partial charge >= 0.3 is 0 Å². The Morgan fingerprint density at radius 2 is 1.67 bits per heavy atom. The number of nitrogens with zero attached hydrogens (tertiary/aromatic N) is 1. The first-order valence-electron chi connectivity index (χ1n) is 6.07. The van der Waals surface area contributed by atoms with E-state index in [1.807, 2.05) is 30.3 Å². The van der Waals surface area contributed by atoms with Gasteiger partial charge in [-0.3, -0.25) is 10.1 Å². The lowest BCUT2D eigenvalue weighted by Crippen LogP contribution is -2.40. The molecule has 0 aliphatic carbocycles. The van der Waals surface area contributed by atoms with Gasteiger partial charge in [0.25, 0.3) is 5.91 Å². The Hall–Kier alpha value is -1.62. The zero-order valence-corrected chi connectivity index (χ0v) is 13.5. The molecule has 2 aromatic carbocycles. The van der Waals surface area contributed by atoms with Crippen molar-refractivity contribution in [2.24, 2.45) is 0 Å².